The Morgan fingerprint density at radius 3 is 2.00 bits per heavy atom. The van der Waals surface area contributed by atoms with Gasteiger partial charge in [0.05, 0.1) is 27.7 Å². The molecule has 0 N–H and O–H groups in total. The van der Waals surface area contributed by atoms with Crippen LogP contribution in [0.25, 0.3) is 0 Å². The van der Waals surface area contributed by atoms with E-state index in [4.69, 9.17) is 18.5 Å². The van der Waals surface area contributed by atoms with Crippen molar-refractivity contribution in [2.45, 2.75) is 103 Å². The van der Waals surface area contributed by atoms with E-state index in [0.29, 0.717) is 23.9 Å². The predicted octanol–water partition coefficient (Wildman–Crippen LogP) is 7.54. The third kappa shape index (κ3) is 31.5. The Bertz CT molecular complexity index is 965. The number of quaternary nitrogens is 1. The van der Waals surface area contributed by atoms with Crippen LogP contribution in [0.4, 0.5) is 0 Å². The first-order chi connectivity index (χ1) is 21.5. The zero-order valence-corrected chi connectivity index (χ0v) is 29.4. The Hall–Kier alpha value is -2.29. The largest absolute Gasteiger partial charge is 0.756 e. The molecule has 0 aliphatic rings. The van der Waals surface area contributed by atoms with Crippen molar-refractivity contribution in [3.05, 3.63) is 60.8 Å². The van der Waals surface area contributed by atoms with Crippen molar-refractivity contribution < 1.29 is 42.1 Å². The lowest BCUT2D eigenvalue weighted by Gasteiger charge is -2.28. The number of phosphoric ester groups is 1. The molecule has 258 valence electrons. The maximum Gasteiger partial charge on any atom is 0.306 e. The molecule has 9 nitrogen and oxygen atoms in total. The summed E-state index contributed by atoms with van der Waals surface area (Å²) in [6, 6.07) is 0. The van der Waals surface area contributed by atoms with Crippen molar-refractivity contribution in [3.8, 4) is 0 Å². The average Bonchev–Trinajstić information content (AvgIpc) is 2.97. The van der Waals surface area contributed by atoms with E-state index in [-0.39, 0.29) is 26.1 Å². The van der Waals surface area contributed by atoms with Crippen molar-refractivity contribution in [3.63, 3.8) is 0 Å². The Morgan fingerprint density at radius 1 is 0.711 bits per heavy atom. The zero-order chi connectivity index (χ0) is 33.7. The van der Waals surface area contributed by atoms with Crippen LogP contribution in [0.15, 0.2) is 60.8 Å². The number of carbonyl (C=O) groups is 2. The highest BCUT2D eigenvalue weighted by Crippen LogP contribution is 2.38. The number of esters is 2. The van der Waals surface area contributed by atoms with Gasteiger partial charge in [-0.3, -0.25) is 14.2 Å². The first kappa shape index (κ1) is 42.7. The lowest BCUT2D eigenvalue weighted by Crippen LogP contribution is -2.37. The summed E-state index contributed by atoms with van der Waals surface area (Å²) < 4.78 is 33.4. The van der Waals surface area contributed by atoms with Crippen molar-refractivity contribution in [1.29, 1.82) is 0 Å². The predicted molar refractivity (Wildman–Crippen MR) is 180 cm³/mol. The van der Waals surface area contributed by atoms with Gasteiger partial charge in [0.2, 0.25) is 0 Å². The average molecular weight is 654 g/mol. The zero-order valence-electron chi connectivity index (χ0n) is 28.5. The van der Waals surface area contributed by atoms with Crippen LogP contribution in [-0.4, -0.2) is 70.0 Å². The number of ether oxygens (including phenoxy) is 2. The number of nitrogens with zero attached hydrogens (tertiary/aromatic N) is 1. The van der Waals surface area contributed by atoms with Gasteiger partial charge in [-0.25, -0.2) is 0 Å². The van der Waals surface area contributed by atoms with Gasteiger partial charge < -0.3 is 27.9 Å². The summed E-state index contributed by atoms with van der Waals surface area (Å²) in [5, 5.41) is 0. The molecule has 0 heterocycles. The molecular formula is C35H60NO8P. The topological polar surface area (TPSA) is 111 Å². The number of unbranched alkanes of at least 4 members (excludes halogenated alkanes) is 7. The molecule has 0 fully saturated rings. The number of hydrogen-bond acceptors (Lipinski definition) is 8. The molecule has 0 aromatic rings. The number of likely N-dealkylation sites (N-methyl/N-ethyl adjacent to an activating group) is 1. The van der Waals surface area contributed by atoms with Crippen LogP contribution in [0.1, 0.15) is 97.3 Å². The van der Waals surface area contributed by atoms with Gasteiger partial charge in [-0.05, 0) is 44.9 Å². The second kappa shape index (κ2) is 28.0. The van der Waals surface area contributed by atoms with Gasteiger partial charge in [0.1, 0.15) is 19.8 Å². The van der Waals surface area contributed by atoms with Gasteiger partial charge in [-0.2, -0.15) is 0 Å². The summed E-state index contributed by atoms with van der Waals surface area (Å²) in [7, 11) is 1.10. The maximum atomic E-state index is 12.5. The van der Waals surface area contributed by atoms with Crippen LogP contribution >= 0.6 is 7.82 Å². The van der Waals surface area contributed by atoms with Crippen molar-refractivity contribution in [2.24, 2.45) is 0 Å². The Kier molecular flexibility index (Phi) is 26.6. The van der Waals surface area contributed by atoms with Gasteiger partial charge in [0.15, 0.2) is 6.10 Å². The van der Waals surface area contributed by atoms with E-state index in [1.807, 2.05) is 63.7 Å². The highest BCUT2D eigenvalue weighted by Gasteiger charge is 2.21. The molecule has 0 aromatic carbocycles. The van der Waals surface area contributed by atoms with Crippen LogP contribution in [0.5, 0.6) is 0 Å². The summed E-state index contributed by atoms with van der Waals surface area (Å²) in [4.78, 5) is 37.0. The van der Waals surface area contributed by atoms with E-state index in [1.165, 1.54) is 19.3 Å². The molecule has 0 spiro atoms. The van der Waals surface area contributed by atoms with Gasteiger partial charge in [-0.15, -0.1) is 0 Å². The normalized spacial score (nSPS) is 14.7. The van der Waals surface area contributed by atoms with Crippen LogP contribution in [0.3, 0.4) is 0 Å². The molecule has 0 rings (SSSR count). The molecule has 0 aromatic heterocycles. The van der Waals surface area contributed by atoms with Gasteiger partial charge in [0, 0.05) is 12.8 Å². The number of rotatable bonds is 28. The fraction of sp³-hybridized carbons (Fsp3) is 0.657. The second-order valence-corrected chi connectivity index (χ2v) is 13.3. The van der Waals surface area contributed by atoms with Crippen molar-refractivity contribution >= 4 is 19.8 Å². The van der Waals surface area contributed by atoms with Crippen LogP contribution in [0.2, 0.25) is 0 Å². The van der Waals surface area contributed by atoms with Crippen molar-refractivity contribution in [2.75, 3.05) is 47.5 Å². The SMILES string of the molecule is CC/C=C/C=C/C=C/C=C/CCCCCC(=O)OC(COC(=O)CC/C=C/CCCCCC)COP(=O)([O-])OCC[N+](C)(C)C. The Morgan fingerprint density at radius 2 is 1.33 bits per heavy atom. The van der Waals surface area contributed by atoms with E-state index in [9.17, 15) is 19.0 Å². The highest BCUT2D eigenvalue weighted by atomic mass is 31.2. The number of carbonyl (C=O) groups excluding carboxylic acids is 2. The minimum absolute atomic E-state index is 0.0466. The molecule has 0 saturated carbocycles. The van der Waals surface area contributed by atoms with Crippen LogP contribution in [-0.2, 0) is 32.7 Å². The molecule has 0 aliphatic carbocycles. The number of allylic oxidation sites excluding steroid dienone is 10. The molecule has 0 bridgehead atoms. The van der Waals surface area contributed by atoms with Crippen LogP contribution < -0.4 is 4.89 Å². The molecule has 2 unspecified atom stereocenters. The first-order valence-electron chi connectivity index (χ1n) is 16.5. The highest BCUT2D eigenvalue weighted by molar-refractivity contribution is 7.45. The lowest BCUT2D eigenvalue weighted by molar-refractivity contribution is -0.870. The summed E-state index contributed by atoms with van der Waals surface area (Å²) >= 11 is 0. The number of hydrogen-bond donors (Lipinski definition) is 0. The molecule has 0 saturated heterocycles. The van der Waals surface area contributed by atoms with Crippen LogP contribution in [0, 0.1) is 0 Å². The summed E-state index contributed by atoms with van der Waals surface area (Å²) in [5.41, 5.74) is 0. The summed E-state index contributed by atoms with van der Waals surface area (Å²) in [6.07, 6.45) is 30.0. The molecular weight excluding hydrogens is 593 g/mol. The third-order valence-corrected chi connectivity index (χ3v) is 7.34. The monoisotopic (exact) mass is 653 g/mol. The Balaban J connectivity index is 4.66. The van der Waals surface area contributed by atoms with Crippen molar-refractivity contribution in [1.82, 2.24) is 0 Å². The first-order valence-corrected chi connectivity index (χ1v) is 18.0. The van der Waals surface area contributed by atoms with E-state index in [0.717, 1.165) is 38.5 Å². The lowest BCUT2D eigenvalue weighted by atomic mass is 10.1. The van der Waals surface area contributed by atoms with Gasteiger partial charge in [-0.1, -0.05) is 100 Å². The smallest absolute Gasteiger partial charge is 0.306 e. The standard InChI is InChI=1S/C35H60NO8P/c1-6-8-10-12-14-16-17-18-19-20-22-24-26-28-35(38)44-33(32-43-45(39,40)42-30-29-36(3,4)5)31-41-34(37)27-25-23-21-15-13-11-9-7-2/h8,10,12,14,16-19,21,23,33H,6-7,9,11,13,15,20,22,24-32H2,1-5H3/b10-8+,14-12+,17-16+,19-18+,23-21+. The van der Waals surface area contributed by atoms with E-state index in [1.54, 1.807) is 0 Å². The summed E-state index contributed by atoms with van der Waals surface area (Å²) in [5.74, 6) is -0.955. The molecule has 0 amide bonds. The fourth-order valence-corrected chi connectivity index (χ4v) is 4.47. The minimum Gasteiger partial charge on any atom is -0.756 e. The molecule has 2 atom stereocenters. The van der Waals surface area contributed by atoms with Gasteiger partial charge in [0.25, 0.3) is 7.82 Å². The fourth-order valence-electron chi connectivity index (χ4n) is 3.74. The molecule has 10 heteroatoms. The Labute approximate surface area is 273 Å². The van der Waals surface area contributed by atoms with Gasteiger partial charge >= 0.3 is 11.9 Å². The second-order valence-electron chi connectivity index (χ2n) is 11.9. The molecule has 0 radical (unpaired) electrons. The maximum absolute atomic E-state index is 12.5. The van der Waals surface area contributed by atoms with E-state index < -0.39 is 32.5 Å². The van der Waals surface area contributed by atoms with E-state index in [2.05, 4.69) is 32.1 Å². The minimum atomic E-state index is -4.63. The summed E-state index contributed by atoms with van der Waals surface area (Å²) in [6.45, 7) is 3.88. The molecule has 45 heavy (non-hydrogen) atoms. The quantitative estimate of drug-likeness (QED) is 0.0213. The molecule has 0 aliphatic heterocycles. The number of phosphoric acid groups is 1. The third-order valence-electron chi connectivity index (χ3n) is 6.38. The van der Waals surface area contributed by atoms with E-state index >= 15 is 0 Å².